The highest BCUT2D eigenvalue weighted by Crippen LogP contribution is 2.01. The van der Waals surface area contributed by atoms with E-state index in [0.717, 1.165) is 5.56 Å². The van der Waals surface area contributed by atoms with Crippen LogP contribution in [0.4, 0.5) is 4.79 Å². The number of alkyl carbamates (subject to hydrolysis) is 1. The van der Waals surface area contributed by atoms with Crippen LogP contribution >= 0.6 is 12.6 Å². The molecule has 0 unspecified atom stereocenters. The second kappa shape index (κ2) is 9.73. The Morgan fingerprint density at radius 3 is 2.39 bits per heavy atom. The van der Waals surface area contributed by atoms with Crippen LogP contribution < -0.4 is 10.6 Å². The van der Waals surface area contributed by atoms with Crippen LogP contribution in [0, 0.1) is 0 Å². The van der Waals surface area contributed by atoms with E-state index in [4.69, 9.17) is 4.74 Å². The van der Waals surface area contributed by atoms with E-state index in [1.54, 1.807) is 0 Å². The fourth-order valence-electron chi connectivity index (χ4n) is 1.63. The van der Waals surface area contributed by atoms with Crippen molar-refractivity contribution in [3.05, 3.63) is 35.9 Å². The van der Waals surface area contributed by atoms with Gasteiger partial charge in [-0.1, -0.05) is 30.3 Å². The molecule has 1 aromatic rings. The third kappa shape index (κ3) is 6.60. The van der Waals surface area contributed by atoms with Gasteiger partial charge in [-0.3, -0.25) is 4.79 Å². The molecule has 0 radical (unpaired) electrons. The van der Waals surface area contributed by atoms with Gasteiger partial charge in [-0.2, -0.15) is 12.6 Å². The summed E-state index contributed by atoms with van der Waals surface area (Å²) in [5.74, 6) is -1.05. The van der Waals surface area contributed by atoms with E-state index in [0.29, 0.717) is 0 Å². The molecule has 0 spiro atoms. The molecule has 0 aromatic heterocycles. The highest BCUT2D eigenvalue weighted by atomic mass is 32.1. The van der Waals surface area contributed by atoms with Crippen molar-refractivity contribution in [2.45, 2.75) is 25.6 Å². The number of methoxy groups -OCH3 is 1. The number of esters is 1. The topological polar surface area (TPSA) is 93.7 Å². The van der Waals surface area contributed by atoms with Crippen LogP contribution in [0.25, 0.3) is 0 Å². The van der Waals surface area contributed by atoms with E-state index >= 15 is 0 Å². The fourth-order valence-corrected chi connectivity index (χ4v) is 1.87. The summed E-state index contributed by atoms with van der Waals surface area (Å²) in [7, 11) is 1.22. The molecule has 0 bridgehead atoms. The first kappa shape index (κ1) is 18.8. The van der Waals surface area contributed by atoms with Crippen molar-refractivity contribution in [3.8, 4) is 0 Å². The SMILES string of the molecule is COC(=O)[C@H](CS)NC(=O)[C@H](C)NC(=O)OCc1ccccc1. The lowest BCUT2D eigenvalue weighted by Crippen LogP contribution is -2.51. The summed E-state index contributed by atoms with van der Waals surface area (Å²) in [4.78, 5) is 35.0. The van der Waals surface area contributed by atoms with Gasteiger partial charge in [-0.05, 0) is 12.5 Å². The third-order valence-corrected chi connectivity index (χ3v) is 3.29. The zero-order valence-electron chi connectivity index (χ0n) is 12.9. The minimum Gasteiger partial charge on any atom is -0.467 e. The summed E-state index contributed by atoms with van der Waals surface area (Å²) in [5, 5.41) is 4.82. The molecule has 2 amide bonds. The van der Waals surface area contributed by atoms with Gasteiger partial charge < -0.3 is 20.1 Å². The maximum atomic E-state index is 11.9. The fraction of sp³-hybridized carbons (Fsp3) is 0.400. The summed E-state index contributed by atoms with van der Waals surface area (Å²) in [6.07, 6.45) is -0.725. The van der Waals surface area contributed by atoms with Gasteiger partial charge in [0.1, 0.15) is 18.7 Å². The van der Waals surface area contributed by atoms with Gasteiger partial charge in [0.05, 0.1) is 7.11 Å². The van der Waals surface area contributed by atoms with Gasteiger partial charge in [0.2, 0.25) is 5.91 Å². The Bertz CT molecular complexity index is 538. The molecule has 0 saturated carbocycles. The Hall–Kier alpha value is -2.22. The second-order valence-electron chi connectivity index (χ2n) is 4.69. The van der Waals surface area contributed by atoms with Gasteiger partial charge in [-0.25, -0.2) is 9.59 Å². The maximum Gasteiger partial charge on any atom is 0.408 e. The smallest absolute Gasteiger partial charge is 0.408 e. The highest BCUT2D eigenvalue weighted by Gasteiger charge is 2.24. The first-order valence-corrected chi connectivity index (χ1v) is 7.57. The van der Waals surface area contributed by atoms with Crippen LogP contribution in [-0.2, 0) is 25.7 Å². The molecule has 2 N–H and O–H groups in total. The van der Waals surface area contributed by atoms with Crippen LogP contribution in [0.1, 0.15) is 12.5 Å². The van der Waals surface area contributed by atoms with Crippen LogP contribution in [0.2, 0.25) is 0 Å². The van der Waals surface area contributed by atoms with Gasteiger partial charge in [0.25, 0.3) is 0 Å². The molecule has 8 heteroatoms. The van der Waals surface area contributed by atoms with Crippen molar-refractivity contribution in [3.63, 3.8) is 0 Å². The number of benzene rings is 1. The number of ether oxygens (including phenoxy) is 2. The number of nitrogens with one attached hydrogen (secondary N) is 2. The Kier molecular flexibility index (Phi) is 7.96. The summed E-state index contributed by atoms with van der Waals surface area (Å²) in [6.45, 7) is 1.58. The van der Waals surface area contributed by atoms with Gasteiger partial charge in [0.15, 0.2) is 0 Å². The van der Waals surface area contributed by atoms with Crippen molar-refractivity contribution in [1.82, 2.24) is 10.6 Å². The van der Waals surface area contributed by atoms with E-state index in [1.807, 2.05) is 30.3 Å². The van der Waals surface area contributed by atoms with Crippen molar-refractivity contribution in [2.75, 3.05) is 12.9 Å². The quantitative estimate of drug-likeness (QED) is 0.506. The molecule has 0 aliphatic carbocycles. The Morgan fingerprint density at radius 1 is 1.17 bits per heavy atom. The van der Waals surface area contributed by atoms with E-state index in [9.17, 15) is 14.4 Å². The number of thiol groups is 1. The minimum atomic E-state index is -0.875. The second-order valence-corrected chi connectivity index (χ2v) is 5.06. The zero-order chi connectivity index (χ0) is 17.2. The van der Waals surface area contributed by atoms with E-state index in [2.05, 4.69) is 28.0 Å². The van der Waals surface area contributed by atoms with Crippen LogP contribution in [0.15, 0.2) is 30.3 Å². The predicted molar refractivity (Wildman–Crippen MR) is 87.0 cm³/mol. The Morgan fingerprint density at radius 2 is 1.83 bits per heavy atom. The summed E-state index contributed by atoms with van der Waals surface area (Å²) in [6, 6.07) is 7.41. The monoisotopic (exact) mass is 340 g/mol. The molecule has 126 valence electrons. The molecule has 0 aliphatic rings. The maximum absolute atomic E-state index is 11.9. The molecular formula is C15H20N2O5S. The van der Waals surface area contributed by atoms with Crippen LogP contribution in [0.5, 0.6) is 0 Å². The number of carbonyl (C=O) groups excluding carboxylic acids is 3. The predicted octanol–water partition coefficient (Wildman–Crippen LogP) is 0.889. The van der Waals surface area contributed by atoms with Gasteiger partial charge >= 0.3 is 12.1 Å². The summed E-state index contributed by atoms with van der Waals surface area (Å²) < 4.78 is 9.55. The average molecular weight is 340 g/mol. The number of hydrogen-bond acceptors (Lipinski definition) is 6. The summed E-state index contributed by atoms with van der Waals surface area (Å²) in [5.41, 5.74) is 0.834. The Balaban J connectivity index is 2.41. The van der Waals surface area contributed by atoms with E-state index in [1.165, 1.54) is 14.0 Å². The van der Waals surface area contributed by atoms with Gasteiger partial charge in [0, 0.05) is 5.75 Å². The summed E-state index contributed by atoms with van der Waals surface area (Å²) >= 11 is 3.97. The molecule has 1 rings (SSSR count). The van der Waals surface area contributed by atoms with Crippen molar-refractivity contribution < 1.29 is 23.9 Å². The molecule has 0 fully saturated rings. The molecule has 2 atom stereocenters. The van der Waals surface area contributed by atoms with Crippen molar-refractivity contribution >= 4 is 30.6 Å². The lowest BCUT2D eigenvalue weighted by Gasteiger charge is -2.18. The Labute approximate surface area is 140 Å². The lowest BCUT2D eigenvalue weighted by atomic mass is 10.2. The van der Waals surface area contributed by atoms with Gasteiger partial charge in [-0.15, -0.1) is 0 Å². The average Bonchev–Trinajstić information content (AvgIpc) is 2.57. The van der Waals surface area contributed by atoms with Crippen LogP contribution in [-0.4, -0.2) is 42.9 Å². The molecule has 1 aromatic carbocycles. The van der Waals surface area contributed by atoms with Crippen molar-refractivity contribution in [1.29, 1.82) is 0 Å². The van der Waals surface area contributed by atoms with Crippen LogP contribution in [0.3, 0.4) is 0 Å². The normalized spacial score (nSPS) is 12.7. The molecule has 0 saturated heterocycles. The van der Waals surface area contributed by atoms with E-state index < -0.39 is 30.1 Å². The van der Waals surface area contributed by atoms with Crippen molar-refractivity contribution in [2.24, 2.45) is 0 Å². The minimum absolute atomic E-state index is 0.0869. The highest BCUT2D eigenvalue weighted by molar-refractivity contribution is 7.80. The lowest BCUT2D eigenvalue weighted by molar-refractivity contribution is -0.144. The first-order valence-electron chi connectivity index (χ1n) is 6.94. The number of hydrogen-bond donors (Lipinski definition) is 3. The molecule has 7 nitrogen and oxygen atoms in total. The van der Waals surface area contributed by atoms with E-state index in [-0.39, 0.29) is 12.4 Å². The first-order chi connectivity index (χ1) is 11.0. The number of rotatable bonds is 7. The molecule has 0 aliphatic heterocycles. The molecule has 23 heavy (non-hydrogen) atoms. The third-order valence-electron chi connectivity index (χ3n) is 2.93. The number of amides is 2. The standard InChI is InChI=1S/C15H20N2O5S/c1-10(13(18)17-12(9-23)14(19)21-2)16-15(20)22-8-11-6-4-3-5-7-11/h3-7,10,12,23H,8-9H2,1-2H3,(H,16,20)(H,17,18)/t10-,12-/m0/s1. The zero-order valence-corrected chi connectivity index (χ0v) is 13.8. The number of carbonyl (C=O) groups is 3. The molecular weight excluding hydrogens is 320 g/mol. The molecule has 0 heterocycles. The largest absolute Gasteiger partial charge is 0.467 e.